The van der Waals surface area contributed by atoms with Gasteiger partial charge >= 0.3 is 0 Å². The van der Waals surface area contributed by atoms with Gasteiger partial charge in [-0.2, -0.15) is 0 Å². The molecule has 0 aliphatic carbocycles. The Morgan fingerprint density at radius 2 is 1.75 bits per heavy atom. The van der Waals surface area contributed by atoms with Gasteiger partial charge in [-0.05, 0) is 54.8 Å². The Morgan fingerprint density at radius 3 is 2.40 bits per heavy atom. The van der Waals surface area contributed by atoms with E-state index in [1.807, 2.05) is 30.3 Å². The molecular formula is C18H19NO. The van der Waals surface area contributed by atoms with Gasteiger partial charge in [0, 0.05) is 5.56 Å². The van der Waals surface area contributed by atoms with Crippen LogP contribution in [0, 0.1) is 25.7 Å². The molecule has 0 radical (unpaired) electrons. The van der Waals surface area contributed by atoms with E-state index < -0.39 is 0 Å². The third-order valence-electron chi connectivity index (χ3n) is 3.17. The topological polar surface area (TPSA) is 35.2 Å². The summed E-state index contributed by atoms with van der Waals surface area (Å²) in [6, 6.07) is 14.2. The van der Waals surface area contributed by atoms with Crippen molar-refractivity contribution in [3.63, 3.8) is 0 Å². The first-order valence-corrected chi connectivity index (χ1v) is 6.67. The summed E-state index contributed by atoms with van der Waals surface area (Å²) >= 11 is 0. The number of rotatable bonds is 3. The maximum atomic E-state index is 5.79. The molecule has 0 fully saturated rings. The van der Waals surface area contributed by atoms with Gasteiger partial charge in [0.2, 0.25) is 0 Å². The molecule has 2 N–H and O–H groups in total. The molecule has 2 aromatic carbocycles. The van der Waals surface area contributed by atoms with Gasteiger partial charge in [0.1, 0.15) is 12.4 Å². The summed E-state index contributed by atoms with van der Waals surface area (Å²) in [6.45, 7) is 5.14. The number of benzene rings is 2. The zero-order valence-electron chi connectivity index (χ0n) is 11.9. The van der Waals surface area contributed by atoms with Crippen LogP contribution < -0.4 is 10.5 Å². The van der Waals surface area contributed by atoms with Gasteiger partial charge in [-0.25, -0.2) is 0 Å². The molecule has 0 amide bonds. The molecule has 0 bridgehead atoms. The van der Waals surface area contributed by atoms with Crippen LogP contribution in [0.15, 0.2) is 42.5 Å². The largest absolute Gasteiger partial charge is 0.489 e. The second-order valence-corrected chi connectivity index (χ2v) is 4.74. The average molecular weight is 265 g/mol. The highest BCUT2D eigenvalue weighted by Crippen LogP contribution is 2.17. The number of nitrogens with two attached hydrogens (primary N) is 1. The standard InChI is InChI=1S/C18H19NO/c1-14-5-10-18(12-15(14)2)20-13-17-8-6-16(7-9-17)4-3-11-19/h5-10,12H,11,13,19H2,1-2H3. The molecule has 2 heteroatoms. The van der Waals surface area contributed by atoms with Crippen molar-refractivity contribution in [2.45, 2.75) is 20.5 Å². The molecule has 0 aliphatic heterocycles. The Hall–Kier alpha value is -2.24. The predicted molar refractivity (Wildman–Crippen MR) is 82.6 cm³/mol. The molecule has 0 saturated carbocycles. The predicted octanol–water partition coefficient (Wildman–Crippen LogP) is 3.19. The number of hydrogen-bond acceptors (Lipinski definition) is 2. The van der Waals surface area contributed by atoms with Gasteiger partial charge in [0.15, 0.2) is 0 Å². The minimum absolute atomic E-state index is 0.387. The Kier molecular flexibility index (Phi) is 4.81. The fourth-order valence-corrected chi connectivity index (χ4v) is 1.81. The average Bonchev–Trinajstić information content (AvgIpc) is 2.47. The Labute approximate surface area is 120 Å². The van der Waals surface area contributed by atoms with Crippen LogP contribution in [0.5, 0.6) is 5.75 Å². The van der Waals surface area contributed by atoms with Crippen LogP contribution in [0.4, 0.5) is 0 Å². The molecule has 0 unspecified atom stereocenters. The fourth-order valence-electron chi connectivity index (χ4n) is 1.81. The van der Waals surface area contributed by atoms with E-state index in [1.165, 1.54) is 11.1 Å². The first-order valence-electron chi connectivity index (χ1n) is 6.67. The molecule has 2 rings (SSSR count). The van der Waals surface area contributed by atoms with Crippen molar-refractivity contribution in [2.24, 2.45) is 5.73 Å². The third-order valence-corrected chi connectivity index (χ3v) is 3.17. The summed E-state index contributed by atoms with van der Waals surface area (Å²) in [4.78, 5) is 0. The van der Waals surface area contributed by atoms with E-state index >= 15 is 0 Å². The zero-order chi connectivity index (χ0) is 14.4. The van der Waals surface area contributed by atoms with Crippen LogP contribution in [0.25, 0.3) is 0 Å². The molecule has 0 saturated heterocycles. The Balaban J connectivity index is 1.98. The summed E-state index contributed by atoms with van der Waals surface area (Å²) in [6.07, 6.45) is 0. The van der Waals surface area contributed by atoms with Crippen molar-refractivity contribution >= 4 is 0 Å². The lowest BCUT2D eigenvalue weighted by molar-refractivity contribution is 0.306. The number of ether oxygens (including phenoxy) is 1. The Bertz CT molecular complexity index is 633. The first-order chi connectivity index (χ1) is 9.69. The third kappa shape index (κ3) is 3.88. The number of hydrogen-bond donors (Lipinski definition) is 1. The minimum atomic E-state index is 0.387. The summed E-state index contributed by atoms with van der Waals surface area (Å²) in [5.41, 5.74) is 9.97. The van der Waals surface area contributed by atoms with E-state index in [4.69, 9.17) is 10.5 Å². The van der Waals surface area contributed by atoms with E-state index in [0.717, 1.165) is 16.9 Å². The van der Waals surface area contributed by atoms with Crippen LogP contribution in [0.3, 0.4) is 0 Å². The van der Waals surface area contributed by atoms with Gasteiger partial charge in [-0.15, -0.1) is 0 Å². The second kappa shape index (κ2) is 6.79. The second-order valence-electron chi connectivity index (χ2n) is 4.74. The highest BCUT2D eigenvalue weighted by Gasteiger charge is 1.98. The SMILES string of the molecule is Cc1ccc(OCc2ccc(C#CCN)cc2)cc1C. The lowest BCUT2D eigenvalue weighted by Gasteiger charge is -2.08. The highest BCUT2D eigenvalue weighted by atomic mass is 16.5. The minimum Gasteiger partial charge on any atom is -0.489 e. The summed E-state index contributed by atoms with van der Waals surface area (Å²) in [5.74, 6) is 6.75. The molecule has 0 atom stereocenters. The van der Waals surface area contributed by atoms with Crippen LogP contribution in [-0.4, -0.2) is 6.54 Å². The number of aryl methyl sites for hydroxylation is 2. The molecule has 102 valence electrons. The normalized spacial score (nSPS) is 9.75. The van der Waals surface area contributed by atoms with E-state index in [0.29, 0.717) is 13.2 Å². The van der Waals surface area contributed by atoms with Crippen molar-refractivity contribution in [3.05, 3.63) is 64.7 Å². The van der Waals surface area contributed by atoms with E-state index in [9.17, 15) is 0 Å². The molecular weight excluding hydrogens is 246 g/mol. The van der Waals surface area contributed by atoms with E-state index in [2.05, 4.69) is 37.8 Å². The maximum absolute atomic E-state index is 5.79. The highest BCUT2D eigenvalue weighted by molar-refractivity contribution is 5.37. The molecule has 0 heterocycles. The van der Waals surface area contributed by atoms with Crippen molar-refractivity contribution in [2.75, 3.05) is 6.54 Å². The molecule has 0 aliphatic rings. The fraction of sp³-hybridized carbons (Fsp3) is 0.222. The molecule has 20 heavy (non-hydrogen) atoms. The quantitative estimate of drug-likeness (QED) is 0.865. The van der Waals surface area contributed by atoms with Gasteiger partial charge in [0.25, 0.3) is 0 Å². The maximum Gasteiger partial charge on any atom is 0.120 e. The summed E-state index contributed by atoms with van der Waals surface area (Å²) < 4.78 is 5.79. The van der Waals surface area contributed by atoms with Crippen LogP contribution in [0.2, 0.25) is 0 Å². The van der Waals surface area contributed by atoms with Gasteiger partial charge in [-0.1, -0.05) is 30.0 Å². The lowest BCUT2D eigenvalue weighted by atomic mass is 10.1. The molecule has 0 aromatic heterocycles. The van der Waals surface area contributed by atoms with Crippen molar-refractivity contribution in [1.29, 1.82) is 0 Å². The van der Waals surface area contributed by atoms with Gasteiger partial charge in [0.05, 0.1) is 6.54 Å². The summed E-state index contributed by atoms with van der Waals surface area (Å²) in [5, 5.41) is 0. The summed E-state index contributed by atoms with van der Waals surface area (Å²) in [7, 11) is 0. The van der Waals surface area contributed by atoms with E-state index in [-0.39, 0.29) is 0 Å². The molecule has 2 nitrogen and oxygen atoms in total. The van der Waals surface area contributed by atoms with Gasteiger partial charge in [-0.3, -0.25) is 0 Å². The van der Waals surface area contributed by atoms with Gasteiger partial charge < -0.3 is 10.5 Å². The van der Waals surface area contributed by atoms with E-state index in [1.54, 1.807) is 0 Å². The van der Waals surface area contributed by atoms with Crippen LogP contribution >= 0.6 is 0 Å². The zero-order valence-corrected chi connectivity index (χ0v) is 11.9. The van der Waals surface area contributed by atoms with Crippen molar-refractivity contribution in [1.82, 2.24) is 0 Å². The monoisotopic (exact) mass is 265 g/mol. The smallest absolute Gasteiger partial charge is 0.120 e. The van der Waals surface area contributed by atoms with Crippen LogP contribution in [-0.2, 0) is 6.61 Å². The van der Waals surface area contributed by atoms with Crippen molar-refractivity contribution < 1.29 is 4.74 Å². The van der Waals surface area contributed by atoms with Crippen molar-refractivity contribution in [3.8, 4) is 17.6 Å². The lowest BCUT2D eigenvalue weighted by Crippen LogP contribution is -1.96. The Morgan fingerprint density at radius 1 is 1.00 bits per heavy atom. The molecule has 0 spiro atoms. The first kappa shape index (κ1) is 14.2. The molecule has 2 aromatic rings. The van der Waals surface area contributed by atoms with Crippen LogP contribution in [0.1, 0.15) is 22.3 Å².